The van der Waals surface area contributed by atoms with Crippen molar-refractivity contribution in [2.24, 2.45) is 0 Å². The summed E-state index contributed by atoms with van der Waals surface area (Å²) in [6.45, 7) is 6.17. The molecule has 2 aromatic carbocycles. The van der Waals surface area contributed by atoms with Gasteiger partial charge in [0.05, 0.1) is 0 Å². The van der Waals surface area contributed by atoms with Crippen molar-refractivity contribution in [1.82, 2.24) is 0 Å². The molecule has 0 aromatic heterocycles. The molecule has 104 valence electrons. The monoisotopic (exact) mass is 268 g/mol. The topological polar surface area (TPSA) is 41.1 Å². The summed E-state index contributed by atoms with van der Waals surface area (Å²) in [4.78, 5) is 12.0. The van der Waals surface area contributed by atoms with Crippen LogP contribution in [0, 0.1) is 13.8 Å². The van der Waals surface area contributed by atoms with Crippen molar-refractivity contribution in [3.63, 3.8) is 0 Å². The lowest BCUT2D eigenvalue weighted by atomic mass is 10.1. The maximum Gasteiger partial charge on any atom is 0.323 e. The molecule has 0 fully saturated rings. The van der Waals surface area contributed by atoms with Crippen LogP contribution in [0.5, 0.6) is 0 Å². The third-order valence-electron chi connectivity index (χ3n) is 3.36. The Morgan fingerprint density at radius 2 is 1.65 bits per heavy atom. The summed E-state index contributed by atoms with van der Waals surface area (Å²) in [7, 11) is 0. The molecule has 0 saturated heterocycles. The number of benzene rings is 2. The summed E-state index contributed by atoms with van der Waals surface area (Å²) >= 11 is 0. The van der Waals surface area contributed by atoms with Gasteiger partial charge < -0.3 is 10.6 Å². The highest BCUT2D eigenvalue weighted by Crippen LogP contribution is 2.15. The average Bonchev–Trinajstić information content (AvgIpc) is 2.43. The Hall–Kier alpha value is -2.29. The largest absolute Gasteiger partial charge is 0.323 e. The Morgan fingerprint density at radius 3 is 2.30 bits per heavy atom. The van der Waals surface area contributed by atoms with Crippen molar-refractivity contribution >= 4 is 17.4 Å². The molecular weight excluding hydrogens is 248 g/mol. The first-order chi connectivity index (χ1) is 9.58. The summed E-state index contributed by atoms with van der Waals surface area (Å²) in [5.41, 5.74) is 5.19. The number of hydrogen-bond donors (Lipinski definition) is 2. The van der Waals surface area contributed by atoms with E-state index in [1.165, 1.54) is 11.1 Å². The predicted octanol–water partition coefficient (Wildman–Crippen LogP) is 4.51. The number of aryl methyl sites for hydroxylation is 3. The van der Waals surface area contributed by atoms with Crippen LogP contribution in [0.15, 0.2) is 42.5 Å². The highest BCUT2D eigenvalue weighted by atomic mass is 16.2. The van der Waals surface area contributed by atoms with Crippen LogP contribution < -0.4 is 10.6 Å². The molecule has 0 aliphatic carbocycles. The Balaban J connectivity index is 2.03. The zero-order chi connectivity index (χ0) is 14.5. The highest BCUT2D eigenvalue weighted by Gasteiger charge is 2.04. The molecule has 0 aliphatic heterocycles. The fourth-order valence-corrected chi connectivity index (χ4v) is 1.98. The van der Waals surface area contributed by atoms with Gasteiger partial charge in [-0.1, -0.05) is 25.1 Å². The molecule has 0 aliphatic rings. The minimum atomic E-state index is -0.221. The van der Waals surface area contributed by atoms with E-state index in [2.05, 4.69) is 24.5 Å². The van der Waals surface area contributed by atoms with E-state index in [9.17, 15) is 4.79 Å². The Bertz CT molecular complexity index is 620. The van der Waals surface area contributed by atoms with E-state index >= 15 is 0 Å². The van der Waals surface area contributed by atoms with Crippen LogP contribution in [-0.2, 0) is 6.42 Å². The highest BCUT2D eigenvalue weighted by molar-refractivity contribution is 5.99. The molecule has 2 N–H and O–H groups in total. The molecule has 20 heavy (non-hydrogen) atoms. The summed E-state index contributed by atoms with van der Waals surface area (Å²) in [6.07, 6.45) is 0.953. The van der Waals surface area contributed by atoms with E-state index in [-0.39, 0.29) is 6.03 Å². The minimum Gasteiger partial charge on any atom is -0.308 e. The van der Waals surface area contributed by atoms with Crippen molar-refractivity contribution in [2.45, 2.75) is 27.2 Å². The fourth-order valence-electron chi connectivity index (χ4n) is 1.98. The molecular formula is C17H20N2O. The van der Waals surface area contributed by atoms with E-state index in [1.807, 2.05) is 49.4 Å². The number of carbonyl (C=O) groups excluding carboxylic acids is 1. The van der Waals surface area contributed by atoms with Gasteiger partial charge in [-0.3, -0.25) is 0 Å². The Kier molecular flexibility index (Phi) is 4.41. The maximum absolute atomic E-state index is 12.0. The SMILES string of the molecule is CCc1cccc(NC(=O)Nc2ccc(C)c(C)c2)c1. The third kappa shape index (κ3) is 3.60. The van der Waals surface area contributed by atoms with E-state index < -0.39 is 0 Å². The molecule has 2 aromatic rings. The number of urea groups is 1. The summed E-state index contributed by atoms with van der Waals surface area (Å²) in [6, 6.07) is 13.5. The van der Waals surface area contributed by atoms with E-state index in [4.69, 9.17) is 0 Å². The van der Waals surface area contributed by atoms with Gasteiger partial charge in [0, 0.05) is 11.4 Å². The molecule has 0 bridgehead atoms. The van der Waals surface area contributed by atoms with E-state index in [1.54, 1.807) is 0 Å². The Morgan fingerprint density at radius 1 is 0.950 bits per heavy atom. The lowest BCUT2D eigenvalue weighted by molar-refractivity contribution is 0.262. The number of amides is 2. The minimum absolute atomic E-state index is 0.221. The number of nitrogens with one attached hydrogen (secondary N) is 2. The lowest BCUT2D eigenvalue weighted by Gasteiger charge is -2.10. The molecule has 3 nitrogen and oxygen atoms in total. The van der Waals surface area contributed by atoms with Crippen LogP contribution in [0.1, 0.15) is 23.6 Å². The predicted molar refractivity (Wildman–Crippen MR) is 84.4 cm³/mol. The van der Waals surface area contributed by atoms with Gasteiger partial charge in [-0.2, -0.15) is 0 Å². The maximum atomic E-state index is 12.0. The normalized spacial score (nSPS) is 10.2. The van der Waals surface area contributed by atoms with Crippen LogP contribution in [0.4, 0.5) is 16.2 Å². The molecule has 0 atom stereocenters. The number of carbonyl (C=O) groups is 1. The second-order valence-electron chi connectivity index (χ2n) is 4.93. The van der Waals surface area contributed by atoms with Crippen molar-refractivity contribution in [2.75, 3.05) is 10.6 Å². The summed E-state index contributed by atoms with van der Waals surface area (Å²) in [5, 5.41) is 5.70. The smallest absolute Gasteiger partial charge is 0.308 e. The van der Waals surface area contributed by atoms with Crippen molar-refractivity contribution in [1.29, 1.82) is 0 Å². The van der Waals surface area contributed by atoms with Crippen LogP contribution in [-0.4, -0.2) is 6.03 Å². The van der Waals surface area contributed by atoms with Crippen molar-refractivity contribution in [3.05, 3.63) is 59.2 Å². The van der Waals surface area contributed by atoms with Gasteiger partial charge in [-0.15, -0.1) is 0 Å². The second-order valence-corrected chi connectivity index (χ2v) is 4.93. The van der Waals surface area contributed by atoms with Gasteiger partial charge in [-0.05, 0) is 61.2 Å². The van der Waals surface area contributed by atoms with Crippen LogP contribution in [0.25, 0.3) is 0 Å². The van der Waals surface area contributed by atoms with Crippen LogP contribution >= 0.6 is 0 Å². The molecule has 2 amide bonds. The first-order valence-corrected chi connectivity index (χ1v) is 6.82. The van der Waals surface area contributed by atoms with E-state index in [0.717, 1.165) is 23.4 Å². The molecule has 0 unspecified atom stereocenters. The lowest BCUT2D eigenvalue weighted by Crippen LogP contribution is -2.19. The average molecular weight is 268 g/mol. The van der Waals surface area contributed by atoms with Gasteiger partial charge in [-0.25, -0.2) is 4.79 Å². The third-order valence-corrected chi connectivity index (χ3v) is 3.36. The molecule has 0 saturated carbocycles. The first-order valence-electron chi connectivity index (χ1n) is 6.82. The standard InChI is InChI=1S/C17H20N2O/c1-4-14-6-5-7-15(11-14)18-17(20)19-16-9-8-12(2)13(3)10-16/h5-11H,4H2,1-3H3,(H2,18,19,20). The number of anilines is 2. The van der Waals surface area contributed by atoms with Gasteiger partial charge in [0.15, 0.2) is 0 Å². The summed E-state index contributed by atoms with van der Waals surface area (Å²) in [5.74, 6) is 0. The number of rotatable bonds is 3. The van der Waals surface area contributed by atoms with Gasteiger partial charge in [0.1, 0.15) is 0 Å². The van der Waals surface area contributed by atoms with Crippen molar-refractivity contribution in [3.8, 4) is 0 Å². The number of hydrogen-bond acceptors (Lipinski definition) is 1. The second kappa shape index (κ2) is 6.24. The van der Waals surface area contributed by atoms with E-state index in [0.29, 0.717) is 0 Å². The molecule has 0 radical (unpaired) electrons. The Labute approximate surface area is 120 Å². The van der Waals surface area contributed by atoms with Gasteiger partial charge in [0.25, 0.3) is 0 Å². The zero-order valence-electron chi connectivity index (χ0n) is 12.2. The zero-order valence-corrected chi connectivity index (χ0v) is 12.2. The van der Waals surface area contributed by atoms with Crippen LogP contribution in [0.3, 0.4) is 0 Å². The first kappa shape index (κ1) is 14.1. The quantitative estimate of drug-likeness (QED) is 0.844. The summed E-state index contributed by atoms with van der Waals surface area (Å²) < 4.78 is 0. The molecule has 0 spiro atoms. The van der Waals surface area contributed by atoms with Gasteiger partial charge in [0.2, 0.25) is 0 Å². The molecule has 2 rings (SSSR count). The van der Waals surface area contributed by atoms with Crippen molar-refractivity contribution < 1.29 is 4.79 Å². The van der Waals surface area contributed by atoms with Gasteiger partial charge >= 0.3 is 6.03 Å². The molecule has 0 heterocycles. The molecule has 3 heteroatoms. The fraction of sp³-hybridized carbons (Fsp3) is 0.235. The van der Waals surface area contributed by atoms with Crippen LogP contribution in [0.2, 0.25) is 0 Å².